The van der Waals surface area contributed by atoms with Crippen molar-refractivity contribution in [3.63, 3.8) is 0 Å². The van der Waals surface area contributed by atoms with Crippen LogP contribution in [0.5, 0.6) is 0 Å². The summed E-state index contributed by atoms with van der Waals surface area (Å²) in [5.41, 5.74) is 2.14. The first-order chi connectivity index (χ1) is 9.37. The highest BCUT2D eigenvalue weighted by Gasteiger charge is 2.67. The van der Waals surface area contributed by atoms with Crippen LogP contribution in [0.3, 0.4) is 0 Å². The van der Waals surface area contributed by atoms with Gasteiger partial charge in [0.15, 0.2) is 0 Å². The Kier molecular flexibility index (Phi) is 4.29. The molecule has 1 aromatic rings. The van der Waals surface area contributed by atoms with E-state index in [1.54, 1.807) is 0 Å². The van der Waals surface area contributed by atoms with Gasteiger partial charge in [0, 0.05) is 12.7 Å². The summed E-state index contributed by atoms with van der Waals surface area (Å²) in [4.78, 5) is 0. The van der Waals surface area contributed by atoms with E-state index in [2.05, 4.69) is 62.7 Å². The second kappa shape index (κ2) is 5.51. The van der Waals surface area contributed by atoms with Crippen LogP contribution in [0.4, 0.5) is 0 Å². The number of nitrogens with one attached hydrogen (secondary N) is 1. The van der Waals surface area contributed by atoms with E-state index >= 15 is 0 Å². The quantitative estimate of drug-likeness (QED) is 0.816. The minimum atomic E-state index is 0.389. The second-order valence-corrected chi connectivity index (χ2v) is 7.33. The summed E-state index contributed by atoms with van der Waals surface area (Å²) in [7, 11) is 0. The van der Waals surface area contributed by atoms with Crippen molar-refractivity contribution in [2.75, 3.05) is 6.54 Å². The fraction of sp³-hybridized carbons (Fsp3) is 0.824. The molecule has 1 aliphatic carbocycles. The van der Waals surface area contributed by atoms with E-state index in [4.69, 9.17) is 0 Å². The predicted molar refractivity (Wildman–Crippen MR) is 84.6 cm³/mol. The van der Waals surface area contributed by atoms with Gasteiger partial charge >= 0.3 is 0 Å². The van der Waals surface area contributed by atoms with Gasteiger partial charge in [-0.1, -0.05) is 41.5 Å². The molecule has 114 valence electrons. The van der Waals surface area contributed by atoms with Crippen molar-refractivity contribution < 1.29 is 0 Å². The highest BCUT2D eigenvalue weighted by atomic mass is 15.3. The highest BCUT2D eigenvalue weighted by Crippen LogP contribution is 2.72. The Balaban J connectivity index is 2.27. The number of hydrogen-bond acceptors (Lipinski definition) is 2. The molecule has 20 heavy (non-hydrogen) atoms. The molecule has 0 aliphatic heterocycles. The lowest BCUT2D eigenvalue weighted by atomic mass is 10.0. The molecule has 1 unspecified atom stereocenters. The maximum atomic E-state index is 4.52. The molecule has 1 fully saturated rings. The Hall–Kier alpha value is -0.830. The standard InChI is InChI=1S/C17H31N3/c1-7-10-18-14(15-16(3,4)17(15,5)6)13-9-11-19-20(13)12-8-2/h9,11,14-15,18H,7-8,10,12H2,1-6H3. The summed E-state index contributed by atoms with van der Waals surface area (Å²) in [6.45, 7) is 16.1. The van der Waals surface area contributed by atoms with Crippen molar-refractivity contribution in [3.05, 3.63) is 18.0 Å². The summed E-state index contributed by atoms with van der Waals surface area (Å²) in [6, 6.07) is 2.63. The van der Waals surface area contributed by atoms with Crippen LogP contribution in [-0.4, -0.2) is 16.3 Å². The highest BCUT2D eigenvalue weighted by molar-refractivity contribution is 5.22. The van der Waals surface area contributed by atoms with Gasteiger partial charge in [0.25, 0.3) is 0 Å². The van der Waals surface area contributed by atoms with Gasteiger partial charge in [0.05, 0.1) is 11.7 Å². The maximum absolute atomic E-state index is 4.52. The first-order valence-electron chi connectivity index (χ1n) is 8.13. The zero-order valence-electron chi connectivity index (χ0n) is 14.0. The molecule has 1 heterocycles. The Morgan fingerprint density at radius 1 is 1.20 bits per heavy atom. The minimum Gasteiger partial charge on any atom is -0.308 e. The molecule has 0 amide bonds. The van der Waals surface area contributed by atoms with Crippen LogP contribution in [0.1, 0.15) is 66.1 Å². The first-order valence-corrected chi connectivity index (χ1v) is 8.13. The van der Waals surface area contributed by atoms with Gasteiger partial charge in [0.2, 0.25) is 0 Å². The third-order valence-corrected chi connectivity index (χ3v) is 5.58. The molecule has 0 spiro atoms. The van der Waals surface area contributed by atoms with Gasteiger partial charge in [-0.25, -0.2) is 0 Å². The van der Waals surface area contributed by atoms with Crippen LogP contribution in [0.2, 0.25) is 0 Å². The van der Waals surface area contributed by atoms with E-state index in [-0.39, 0.29) is 0 Å². The zero-order valence-corrected chi connectivity index (χ0v) is 14.0. The largest absolute Gasteiger partial charge is 0.308 e. The summed E-state index contributed by atoms with van der Waals surface area (Å²) in [5, 5.41) is 8.30. The number of nitrogens with zero attached hydrogens (tertiary/aromatic N) is 2. The van der Waals surface area contributed by atoms with Crippen LogP contribution in [0, 0.1) is 16.7 Å². The summed E-state index contributed by atoms with van der Waals surface area (Å²) in [6.07, 6.45) is 4.26. The van der Waals surface area contributed by atoms with Crippen molar-refractivity contribution in [1.82, 2.24) is 15.1 Å². The number of aryl methyl sites for hydroxylation is 1. The molecule has 1 N–H and O–H groups in total. The van der Waals surface area contributed by atoms with E-state index in [1.807, 2.05) is 6.20 Å². The summed E-state index contributed by atoms with van der Waals surface area (Å²) in [5.74, 6) is 0.675. The van der Waals surface area contributed by atoms with Crippen LogP contribution >= 0.6 is 0 Å². The van der Waals surface area contributed by atoms with Crippen LogP contribution in [0.25, 0.3) is 0 Å². The van der Waals surface area contributed by atoms with Gasteiger partial charge in [-0.2, -0.15) is 5.10 Å². The van der Waals surface area contributed by atoms with E-state index in [0.29, 0.717) is 22.8 Å². The average molecular weight is 277 g/mol. The van der Waals surface area contributed by atoms with E-state index < -0.39 is 0 Å². The van der Waals surface area contributed by atoms with Crippen LogP contribution < -0.4 is 5.32 Å². The Morgan fingerprint density at radius 2 is 1.85 bits per heavy atom. The van der Waals surface area contributed by atoms with Crippen molar-refractivity contribution in [3.8, 4) is 0 Å². The average Bonchev–Trinajstić information content (AvgIpc) is 2.72. The van der Waals surface area contributed by atoms with Crippen molar-refractivity contribution in [2.45, 2.75) is 67.0 Å². The first kappa shape index (κ1) is 15.6. The molecule has 1 saturated carbocycles. The smallest absolute Gasteiger partial charge is 0.0556 e. The van der Waals surface area contributed by atoms with Gasteiger partial charge in [-0.05, 0) is 42.2 Å². The molecule has 0 radical (unpaired) electrons. The topological polar surface area (TPSA) is 29.9 Å². The van der Waals surface area contributed by atoms with Crippen molar-refractivity contribution >= 4 is 0 Å². The molecule has 0 saturated heterocycles. The Morgan fingerprint density at radius 3 is 2.35 bits per heavy atom. The SMILES string of the molecule is CCCNC(c1ccnn1CCC)C1C(C)(C)C1(C)C. The van der Waals surface area contributed by atoms with Gasteiger partial charge in [-0.15, -0.1) is 0 Å². The van der Waals surface area contributed by atoms with Crippen LogP contribution in [0.15, 0.2) is 12.3 Å². The number of aromatic nitrogens is 2. The van der Waals surface area contributed by atoms with Crippen molar-refractivity contribution in [2.24, 2.45) is 16.7 Å². The molecular weight excluding hydrogens is 246 g/mol. The molecule has 1 atom stereocenters. The normalized spacial score (nSPS) is 21.9. The molecule has 3 nitrogen and oxygen atoms in total. The maximum Gasteiger partial charge on any atom is 0.0556 e. The summed E-state index contributed by atoms with van der Waals surface area (Å²) >= 11 is 0. The van der Waals surface area contributed by atoms with E-state index in [1.165, 1.54) is 12.1 Å². The summed E-state index contributed by atoms with van der Waals surface area (Å²) < 4.78 is 2.19. The van der Waals surface area contributed by atoms with E-state index in [9.17, 15) is 0 Å². The monoisotopic (exact) mass is 277 g/mol. The van der Waals surface area contributed by atoms with Crippen LogP contribution in [-0.2, 0) is 6.54 Å². The lowest BCUT2D eigenvalue weighted by Gasteiger charge is -2.22. The molecular formula is C17H31N3. The fourth-order valence-corrected chi connectivity index (χ4v) is 3.78. The van der Waals surface area contributed by atoms with Gasteiger partial charge < -0.3 is 5.32 Å². The lowest BCUT2D eigenvalue weighted by molar-refractivity contribution is 0.380. The Bertz CT molecular complexity index is 431. The lowest BCUT2D eigenvalue weighted by Crippen LogP contribution is -2.28. The molecule has 3 heteroatoms. The van der Waals surface area contributed by atoms with Gasteiger partial charge in [0.1, 0.15) is 0 Å². The Labute approximate surface area is 124 Å². The molecule has 1 aliphatic rings. The van der Waals surface area contributed by atoms with Gasteiger partial charge in [-0.3, -0.25) is 4.68 Å². The molecule has 0 aromatic carbocycles. The zero-order chi connectivity index (χ0) is 15.0. The number of hydrogen-bond donors (Lipinski definition) is 1. The number of rotatable bonds is 7. The van der Waals surface area contributed by atoms with E-state index in [0.717, 1.165) is 19.5 Å². The second-order valence-electron chi connectivity index (χ2n) is 7.33. The minimum absolute atomic E-state index is 0.389. The predicted octanol–water partition coefficient (Wildman–Crippen LogP) is 4.02. The van der Waals surface area contributed by atoms with Crippen molar-refractivity contribution in [1.29, 1.82) is 0 Å². The molecule has 0 bridgehead atoms. The molecule has 1 aromatic heterocycles. The fourth-order valence-electron chi connectivity index (χ4n) is 3.78. The molecule has 2 rings (SSSR count). The third-order valence-electron chi connectivity index (χ3n) is 5.58. The third kappa shape index (κ3) is 2.41.